The summed E-state index contributed by atoms with van der Waals surface area (Å²) in [5.74, 6) is 2.13. The van der Waals surface area contributed by atoms with Crippen molar-refractivity contribution in [1.82, 2.24) is 20.1 Å². The summed E-state index contributed by atoms with van der Waals surface area (Å²) < 4.78 is 1.70. The summed E-state index contributed by atoms with van der Waals surface area (Å²) >= 11 is 0. The van der Waals surface area contributed by atoms with E-state index in [1.54, 1.807) is 4.68 Å². The first-order valence-electron chi connectivity index (χ1n) is 9.70. The van der Waals surface area contributed by atoms with Gasteiger partial charge in [-0.25, -0.2) is 4.68 Å². The van der Waals surface area contributed by atoms with Crippen molar-refractivity contribution in [2.24, 2.45) is 7.05 Å². The van der Waals surface area contributed by atoms with E-state index < -0.39 is 0 Å². The number of anilines is 1. The molecule has 2 aromatic rings. The molecule has 1 aliphatic heterocycles. The average Bonchev–Trinajstić information content (AvgIpc) is 3.03. The minimum absolute atomic E-state index is 0.0269. The lowest BCUT2D eigenvalue weighted by molar-refractivity contribution is -0.116. The summed E-state index contributed by atoms with van der Waals surface area (Å²) in [6, 6.07) is 8.52. The molecule has 0 spiro atoms. The number of carbonyl (C=O) groups excluding carboxylic acids is 1. The number of aryl methyl sites for hydroxylation is 2. The number of aromatic nitrogens is 3. The second-order valence-corrected chi connectivity index (χ2v) is 7.48. The van der Waals surface area contributed by atoms with Crippen LogP contribution in [0.1, 0.15) is 60.9 Å². The van der Waals surface area contributed by atoms with E-state index in [4.69, 9.17) is 0 Å². The van der Waals surface area contributed by atoms with Crippen LogP contribution in [-0.2, 0) is 18.3 Å². The number of hydrogen-bond donors (Lipinski definition) is 2. The fourth-order valence-electron chi connectivity index (χ4n) is 4.23. The number of piperidine rings is 1. The van der Waals surface area contributed by atoms with E-state index in [9.17, 15) is 4.79 Å². The third-order valence-corrected chi connectivity index (χ3v) is 5.66. The van der Waals surface area contributed by atoms with E-state index in [1.807, 2.05) is 7.05 Å². The number of nitrogens with one attached hydrogen (secondary N) is 2. The quantitative estimate of drug-likeness (QED) is 0.886. The molecular formula is C20H27N5O. The van der Waals surface area contributed by atoms with Crippen LogP contribution >= 0.6 is 0 Å². The summed E-state index contributed by atoms with van der Waals surface area (Å²) in [4.78, 5) is 17.2. The Kier molecular flexibility index (Phi) is 5.02. The molecule has 0 bridgehead atoms. The molecular weight excluding hydrogens is 326 g/mol. The maximum absolute atomic E-state index is 12.6. The first kappa shape index (κ1) is 17.2. The van der Waals surface area contributed by atoms with Crippen LogP contribution in [0.5, 0.6) is 0 Å². The summed E-state index contributed by atoms with van der Waals surface area (Å²) in [5.41, 5.74) is 2.73. The van der Waals surface area contributed by atoms with E-state index in [-0.39, 0.29) is 5.91 Å². The van der Waals surface area contributed by atoms with Crippen molar-refractivity contribution in [3.63, 3.8) is 0 Å². The Labute approximate surface area is 154 Å². The molecule has 1 aromatic heterocycles. The van der Waals surface area contributed by atoms with Crippen molar-refractivity contribution in [3.05, 3.63) is 41.2 Å². The van der Waals surface area contributed by atoms with Crippen LogP contribution in [0.25, 0.3) is 0 Å². The van der Waals surface area contributed by atoms with Gasteiger partial charge in [0.25, 0.3) is 0 Å². The molecule has 1 atom stereocenters. The molecule has 1 aliphatic carbocycles. The first-order chi connectivity index (χ1) is 12.7. The largest absolute Gasteiger partial charge is 0.317 e. The van der Waals surface area contributed by atoms with Gasteiger partial charge in [0.05, 0.1) is 0 Å². The molecule has 26 heavy (non-hydrogen) atoms. The van der Waals surface area contributed by atoms with Crippen molar-refractivity contribution in [2.75, 3.05) is 18.4 Å². The second kappa shape index (κ2) is 7.58. The molecule has 1 amide bonds. The molecule has 1 fully saturated rings. The third kappa shape index (κ3) is 3.65. The Bertz CT molecular complexity index is 778. The van der Waals surface area contributed by atoms with Crippen LogP contribution in [-0.4, -0.2) is 33.8 Å². The second-order valence-electron chi connectivity index (χ2n) is 7.48. The summed E-state index contributed by atoms with van der Waals surface area (Å²) in [5, 5.41) is 10.9. The lowest BCUT2D eigenvalue weighted by atomic mass is 9.81. The highest BCUT2D eigenvalue weighted by Gasteiger charge is 2.24. The Balaban J connectivity index is 1.42. The monoisotopic (exact) mass is 353 g/mol. The summed E-state index contributed by atoms with van der Waals surface area (Å²) in [6.07, 6.45) is 5.96. The number of carbonyl (C=O) groups is 1. The van der Waals surface area contributed by atoms with Gasteiger partial charge in [-0.15, -0.1) is 0 Å². The number of amides is 1. The summed E-state index contributed by atoms with van der Waals surface area (Å²) in [6.45, 7) is 2.01. The molecule has 0 radical (unpaired) electrons. The highest BCUT2D eigenvalue weighted by molar-refractivity contribution is 5.89. The van der Waals surface area contributed by atoms with Crippen molar-refractivity contribution in [2.45, 2.75) is 50.4 Å². The van der Waals surface area contributed by atoms with Crippen LogP contribution < -0.4 is 10.6 Å². The third-order valence-electron chi connectivity index (χ3n) is 5.66. The van der Waals surface area contributed by atoms with Gasteiger partial charge < -0.3 is 5.32 Å². The predicted octanol–water partition coefficient (Wildman–Crippen LogP) is 2.73. The van der Waals surface area contributed by atoms with Crippen LogP contribution in [0.2, 0.25) is 0 Å². The fraction of sp³-hybridized carbons (Fsp3) is 0.550. The highest BCUT2D eigenvalue weighted by Crippen LogP contribution is 2.34. The van der Waals surface area contributed by atoms with Crippen LogP contribution in [0, 0.1) is 0 Å². The zero-order valence-corrected chi connectivity index (χ0v) is 15.4. The van der Waals surface area contributed by atoms with E-state index in [0.29, 0.717) is 24.2 Å². The Hall–Kier alpha value is -2.21. The zero-order valence-electron chi connectivity index (χ0n) is 15.4. The van der Waals surface area contributed by atoms with E-state index >= 15 is 0 Å². The van der Waals surface area contributed by atoms with Gasteiger partial charge in [-0.3, -0.25) is 10.1 Å². The lowest BCUT2D eigenvalue weighted by Gasteiger charge is -2.24. The molecule has 0 saturated carbocycles. The minimum atomic E-state index is 0.0269. The Morgan fingerprint density at radius 1 is 1.27 bits per heavy atom. The lowest BCUT2D eigenvalue weighted by Crippen LogP contribution is -2.27. The van der Waals surface area contributed by atoms with Gasteiger partial charge in [0, 0.05) is 19.4 Å². The first-order valence-corrected chi connectivity index (χ1v) is 9.70. The predicted molar refractivity (Wildman–Crippen MR) is 101 cm³/mol. The molecule has 2 N–H and O–H groups in total. The smallest absolute Gasteiger partial charge is 0.227 e. The molecule has 4 rings (SSSR count). The zero-order chi connectivity index (χ0) is 17.9. The molecule has 1 saturated heterocycles. The maximum Gasteiger partial charge on any atom is 0.227 e. The van der Waals surface area contributed by atoms with Crippen molar-refractivity contribution >= 4 is 11.9 Å². The van der Waals surface area contributed by atoms with Gasteiger partial charge >= 0.3 is 0 Å². The molecule has 2 aliphatic rings. The topological polar surface area (TPSA) is 71.8 Å². The fourth-order valence-corrected chi connectivity index (χ4v) is 4.23. The van der Waals surface area contributed by atoms with Crippen LogP contribution in [0.4, 0.5) is 5.95 Å². The van der Waals surface area contributed by atoms with Gasteiger partial charge in [-0.1, -0.05) is 24.3 Å². The molecule has 138 valence electrons. The van der Waals surface area contributed by atoms with Gasteiger partial charge in [0.15, 0.2) is 5.82 Å². The molecule has 6 nitrogen and oxygen atoms in total. The SMILES string of the molecule is Cn1nc(C2CCNCC2)nc1NC(=O)CC1CCCc2ccccc21. The normalized spacial score (nSPS) is 20.6. The Morgan fingerprint density at radius 3 is 2.92 bits per heavy atom. The van der Waals surface area contributed by atoms with E-state index in [1.165, 1.54) is 11.1 Å². The number of rotatable bonds is 4. The van der Waals surface area contributed by atoms with Gasteiger partial charge in [0.2, 0.25) is 11.9 Å². The molecule has 2 heterocycles. The van der Waals surface area contributed by atoms with Gasteiger partial charge in [-0.05, 0) is 62.2 Å². The number of nitrogens with zero attached hydrogens (tertiary/aromatic N) is 3. The van der Waals surface area contributed by atoms with Crippen molar-refractivity contribution in [1.29, 1.82) is 0 Å². The maximum atomic E-state index is 12.6. The van der Waals surface area contributed by atoms with E-state index in [0.717, 1.165) is 51.0 Å². The summed E-state index contributed by atoms with van der Waals surface area (Å²) in [7, 11) is 1.85. The van der Waals surface area contributed by atoms with Crippen molar-refractivity contribution in [3.8, 4) is 0 Å². The van der Waals surface area contributed by atoms with Crippen LogP contribution in [0.15, 0.2) is 24.3 Å². The molecule has 6 heteroatoms. The standard InChI is InChI=1S/C20H27N5O/c1-25-20(23-19(24-25)15-9-11-21-12-10-15)22-18(26)13-16-7-4-6-14-5-2-3-8-17(14)16/h2-3,5,8,15-16,21H,4,6-7,9-13H2,1H3,(H,22,23,24,26). The van der Waals surface area contributed by atoms with Crippen LogP contribution in [0.3, 0.4) is 0 Å². The average molecular weight is 353 g/mol. The van der Waals surface area contributed by atoms with Gasteiger partial charge in [-0.2, -0.15) is 10.1 Å². The Morgan fingerprint density at radius 2 is 2.08 bits per heavy atom. The minimum Gasteiger partial charge on any atom is -0.317 e. The molecule has 1 unspecified atom stereocenters. The molecule has 1 aromatic carbocycles. The van der Waals surface area contributed by atoms with Gasteiger partial charge in [0.1, 0.15) is 0 Å². The highest BCUT2D eigenvalue weighted by atomic mass is 16.1. The number of benzene rings is 1. The number of fused-ring (bicyclic) bond motifs is 1. The number of hydrogen-bond acceptors (Lipinski definition) is 4. The van der Waals surface area contributed by atoms with E-state index in [2.05, 4.69) is 45.0 Å². The van der Waals surface area contributed by atoms with Crippen molar-refractivity contribution < 1.29 is 4.79 Å².